The van der Waals surface area contributed by atoms with Gasteiger partial charge in [0, 0.05) is 12.6 Å². The van der Waals surface area contributed by atoms with Crippen LogP contribution >= 0.6 is 0 Å². The molecule has 1 aliphatic rings. The number of esters is 1. The lowest BCUT2D eigenvalue weighted by Crippen LogP contribution is -2.45. The van der Waals surface area contributed by atoms with E-state index in [1.807, 2.05) is 12.1 Å². The van der Waals surface area contributed by atoms with Crippen molar-refractivity contribution in [2.24, 2.45) is 5.92 Å². The third-order valence-electron chi connectivity index (χ3n) is 4.26. The SMILES string of the molecule is COC(=O)c1ccc(CNC(=O)NC2CCCCC2C)cc1. The lowest BCUT2D eigenvalue weighted by molar-refractivity contribution is 0.0600. The molecule has 5 heteroatoms. The summed E-state index contributed by atoms with van der Waals surface area (Å²) < 4.78 is 4.65. The quantitative estimate of drug-likeness (QED) is 0.841. The van der Waals surface area contributed by atoms with Gasteiger partial charge >= 0.3 is 12.0 Å². The summed E-state index contributed by atoms with van der Waals surface area (Å²) >= 11 is 0. The third kappa shape index (κ3) is 4.48. The molecule has 1 aliphatic carbocycles. The Bertz CT molecular complexity index is 513. The Balaban J connectivity index is 1.79. The Kier molecular flexibility index (Phi) is 5.81. The van der Waals surface area contributed by atoms with Crippen LogP contribution in [-0.2, 0) is 11.3 Å². The van der Waals surface area contributed by atoms with Gasteiger partial charge in [0.1, 0.15) is 0 Å². The molecule has 0 heterocycles. The topological polar surface area (TPSA) is 67.4 Å². The number of amides is 2. The molecule has 1 saturated carbocycles. The number of methoxy groups -OCH3 is 1. The number of ether oxygens (including phenoxy) is 1. The second-order valence-electron chi connectivity index (χ2n) is 5.88. The molecule has 0 bridgehead atoms. The maximum absolute atomic E-state index is 12.0. The van der Waals surface area contributed by atoms with Crippen LogP contribution in [0.1, 0.15) is 48.5 Å². The summed E-state index contributed by atoms with van der Waals surface area (Å²) in [5, 5.41) is 5.92. The van der Waals surface area contributed by atoms with E-state index in [1.54, 1.807) is 12.1 Å². The molecule has 0 radical (unpaired) electrons. The van der Waals surface area contributed by atoms with Gasteiger partial charge in [-0.2, -0.15) is 0 Å². The molecular weight excluding hydrogens is 280 g/mol. The first kappa shape index (κ1) is 16.3. The van der Waals surface area contributed by atoms with E-state index < -0.39 is 0 Å². The number of carbonyl (C=O) groups excluding carboxylic acids is 2. The van der Waals surface area contributed by atoms with Crippen LogP contribution in [-0.4, -0.2) is 25.2 Å². The van der Waals surface area contributed by atoms with Crippen LogP contribution in [0.15, 0.2) is 24.3 Å². The van der Waals surface area contributed by atoms with Crippen LogP contribution in [0.2, 0.25) is 0 Å². The molecule has 1 fully saturated rings. The van der Waals surface area contributed by atoms with E-state index >= 15 is 0 Å². The van der Waals surface area contributed by atoms with E-state index in [1.165, 1.54) is 26.4 Å². The van der Waals surface area contributed by atoms with Crippen molar-refractivity contribution in [1.82, 2.24) is 10.6 Å². The van der Waals surface area contributed by atoms with Gasteiger partial charge in [0.05, 0.1) is 12.7 Å². The average molecular weight is 304 g/mol. The van der Waals surface area contributed by atoms with E-state index in [9.17, 15) is 9.59 Å². The minimum Gasteiger partial charge on any atom is -0.465 e. The first-order valence-electron chi connectivity index (χ1n) is 7.81. The van der Waals surface area contributed by atoms with Gasteiger partial charge in [0.15, 0.2) is 0 Å². The Morgan fingerprint density at radius 3 is 2.50 bits per heavy atom. The standard InChI is InChI=1S/C17H24N2O3/c1-12-5-3-4-6-15(12)19-17(21)18-11-13-7-9-14(10-8-13)16(20)22-2/h7-10,12,15H,3-6,11H2,1-2H3,(H2,18,19,21). The largest absolute Gasteiger partial charge is 0.465 e. The summed E-state index contributed by atoms with van der Waals surface area (Å²) in [6.07, 6.45) is 4.68. The van der Waals surface area contributed by atoms with Gasteiger partial charge in [-0.1, -0.05) is 31.9 Å². The zero-order valence-electron chi connectivity index (χ0n) is 13.2. The zero-order valence-corrected chi connectivity index (χ0v) is 13.2. The van der Waals surface area contributed by atoms with Gasteiger partial charge in [0.2, 0.25) is 0 Å². The summed E-state index contributed by atoms with van der Waals surface area (Å²) in [7, 11) is 1.36. The van der Waals surface area contributed by atoms with Crippen molar-refractivity contribution in [2.45, 2.75) is 45.2 Å². The number of benzene rings is 1. The third-order valence-corrected chi connectivity index (χ3v) is 4.26. The lowest BCUT2D eigenvalue weighted by atomic mass is 9.86. The van der Waals surface area contributed by atoms with Crippen LogP contribution in [0.5, 0.6) is 0 Å². The highest BCUT2D eigenvalue weighted by atomic mass is 16.5. The van der Waals surface area contributed by atoms with Gasteiger partial charge in [-0.05, 0) is 36.5 Å². The molecular formula is C17H24N2O3. The summed E-state index contributed by atoms with van der Waals surface area (Å²) in [6, 6.07) is 7.17. The van der Waals surface area contributed by atoms with E-state index in [0.717, 1.165) is 12.0 Å². The Morgan fingerprint density at radius 1 is 1.18 bits per heavy atom. The van der Waals surface area contributed by atoms with Gasteiger partial charge in [0.25, 0.3) is 0 Å². The van der Waals surface area contributed by atoms with Crippen molar-refractivity contribution in [3.8, 4) is 0 Å². The minimum absolute atomic E-state index is 0.129. The lowest BCUT2D eigenvalue weighted by Gasteiger charge is -2.29. The van der Waals surface area contributed by atoms with Crippen LogP contribution in [0, 0.1) is 5.92 Å². The molecule has 1 aromatic carbocycles. The van der Waals surface area contributed by atoms with Gasteiger partial charge in [-0.3, -0.25) is 0 Å². The molecule has 2 amide bonds. The Labute approximate surface area is 131 Å². The summed E-state index contributed by atoms with van der Waals surface area (Å²) in [5.74, 6) is 0.183. The van der Waals surface area contributed by atoms with Gasteiger partial charge in [-0.15, -0.1) is 0 Å². The monoisotopic (exact) mass is 304 g/mol. The molecule has 22 heavy (non-hydrogen) atoms. The highest BCUT2D eigenvalue weighted by molar-refractivity contribution is 5.89. The molecule has 0 aromatic heterocycles. The maximum Gasteiger partial charge on any atom is 0.337 e. The van der Waals surface area contributed by atoms with E-state index in [4.69, 9.17) is 0 Å². The van der Waals surface area contributed by atoms with Crippen molar-refractivity contribution in [3.05, 3.63) is 35.4 Å². The molecule has 120 valence electrons. The van der Waals surface area contributed by atoms with E-state index in [-0.39, 0.29) is 18.0 Å². The maximum atomic E-state index is 12.0. The molecule has 0 saturated heterocycles. The Hall–Kier alpha value is -2.04. The predicted octanol–water partition coefficient (Wildman–Crippen LogP) is 2.85. The normalized spacial score (nSPS) is 21.0. The van der Waals surface area contributed by atoms with Gasteiger partial charge < -0.3 is 15.4 Å². The smallest absolute Gasteiger partial charge is 0.337 e. The van der Waals surface area contributed by atoms with Crippen molar-refractivity contribution in [1.29, 1.82) is 0 Å². The van der Waals surface area contributed by atoms with Crippen molar-refractivity contribution in [3.63, 3.8) is 0 Å². The molecule has 2 unspecified atom stereocenters. The number of carbonyl (C=O) groups is 2. The number of rotatable bonds is 4. The molecule has 0 spiro atoms. The van der Waals surface area contributed by atoms with Crippen LogP contribution in [0.4, 0.5) is 4.79 Å². The van der Waals surface area contributed by atoms with Crippen LogP contribution in [0.25, 0.3) is 0 Å². The molecule has 1 aromatic rings. The Morgan fingerprint density at radius 2 is 1.86 bits per heavy atom. The highest BCUT2D eigenvalue weighted by Crippen LogP contribution is 2.23. The second kappa shape index (κ2) is 7.82. The van der Waals surface area contributed by atoms with Crippen LogP contribution in [0.3, 0.4) is 0 Å². The number of nitrogens with one attached hydrogen (secondary N) is 2. The number of hydrogen-bond acceptors (Lipinski definition) is 3. The first-order valence-corrected chi connectivity index (χ1v) is 7.81. The molecule has 0 aliphatic heterocycles. The number of hydrogen-bond donors (Lipinski definition) is 2. The molecule has 2 rings (SSSR count). The molecule has 5 nitrogen and oxygen atoms in total. The minimum atomic E-state index is -0.358. The fraction of sp³-hybridized carbons (Fsp3) is 0.529. The zero-order chi connectivity index (χ0) is 15.9. The van der Waals surface area contributed by atoms with Crippen molar-refractivity contribution in [2.75, 3.05) is 7.11 Å². The van der Waals surface area contributed by atoms with Crippen LogP contribution < -0.4 is 10.6 Å². The highest BCUT2D eigenvalue weighted by Gasteiger charge is 2.22. The van der Waals surface area contributed by atoms with Gasteiger partial charge in [-0.25, -0.2) is 9.59 Å². The second-order valence-corrected chi connectivity index (χ2v) is 5.88. The van der Waals surface area contributed by atoms with Crippen molar-refractivity contribution < 1.29 is 14.3 Å². The number of urea groups is 1. The van der Waals surface area contributed by atoms with E-state index in [0.29, 0.717) is 18.0 Å². The van der Waals surface area contributed by atoms with Crippen molar-refractivity contribution >= 4 is 12.0 Å². The average Bonchev–Trinajstić information content (AvgIpc) is 2.55. The summed E-state index contributed by atoms with van der Waals surface area (Å²) in [5.41, 5.74) is 1.45. The fourth-order valence-electron chi connectivity index (χ4n) is 2.81. The molecule has 2 atom stereocenters. The predicted molar refractivity (Wildman–Crippen MR) is 84.6 cm³/mol. The molecule has 2 N–H and O–H groups in total. The first-order chi connectivity index (χ1) is 10.6. The van der Waals surface area contributed by atoms with E-state index in [2.05, 4.69) is 22.3 Å². The fourth-order valence-corrected chi connectivity index (χ4v) is 2.81. The summed E-state index contributed by atoms with van der Waals surface area (Å²) in [4.78, 5) is 23.3. The summed E-state index contributed by atoms with van der Waals surface area (Å²) in [6.45, 7) is 2.63.